The highest BCUT2D eigenvalue weighted by Crippen LogP contribution is 2.25. The average Bonchev–Trinajstić information content (AvgIpc) is 2.34. The summed E-state index contributed by atoms with van der Waals surface area (Å²) >= 11 is 5.53. The molecule has 0 spiro atoms. The van der Waals surface area contributed by atoms with Gasteiger partial charge in [0.15, 0.2) is 0 Å². The second-order valence-electron chi connectivity index (χ2n) is 3.39. The van der Waals surface area contributed by atoms with Gasteiger partial charge in [-0.2, -0.15) is 0 Å². The molecule has 0 radical (unpaired) electrons. The number of benzene rings is 1. The lowest BCUT2D eigenvalue weighted by Crippen LogP contribution is -1.97. The molecular weight excluding hydrogens is 261 g/mol. The Bertz CT molecular complexity index is 604. The summed E-state index contributed by atoms with van der Waals surface area (Å²) in [5, 5.41) is 8.77. The van der Waals surface area contributed by atoms with Crippen LogP contribution in [-0.4, -0.2) is 16.1 Å². The number of carboxylic acids is 1. The van der Waals surface area contributed by atoms with E-state index in [2.05, 4.69) is 4.98 Å². The maximum absolute atomic E-state index is 13.2. The number of ether oxygens (including phenoxy) is 1. The highest BCUT2D eigenvalue weighted by Gasteiger charge is 2.07. The predicted octanol–water partition coefficient (Wildman–Crippen LogP) is 3.36. The van der Waals surface area contributed by atoms with E-state index < -0.39 is 11.8 Å². The van der Waals surface area contributed by atoms with Crippen molar-refractivity contribution in [3.05, 3.63) is 53.1 Å². The highest BCUT2D eigenvalue weighted by molar-refractivity contribution is 6.30. The molecule has 2 aromatic rings. The standard InChI is InChI=1S/C12H7ClFNO3/c13-10-2-1-8(4-11(10)14)18-9-3-7(12(16)17)5-15-6-9/h1-6H,(H,16,17). The molecule has 1 aromatic heterocycles. The van der Waals surface area contributed by atoms with E-state index in [9.17, 15) is 9.18 Å². The lowest BCUT2D eigenvalue weighted by molar-refractivity contribution is 0.0696. The van der Waals surface area contributed by atoms with Crippen molar-refractivity contribution in [2.75, 3.05) is 0 Å². The van der Waals surface area contributed by atoms with Gasteiger partial charge < -0.3 is 9.84 Å². The second-order valence-corrected chi connectivity index (χ2v) is 3.80. The van der Waals surface area contributed by atoms with Crippen LogP contribution in [0, 0.1) is 5.82 Å². The fraction of sp³-hybridized carbons (Fsp3) is 0. The molecule has 0 aliphatic heterocycles. The van der Waals surface area contributed by atoms with Crippen LogP contribution in [-0.2, 0) is 0 Å². The van der Waals surface area contributed by atoms with Gasteiger partial charge in [0.2, 0.25) is 0 Å². The Hall–Kier alpha value is -2.14. The summed E-state index contributed by atoms with van der Waals surface area (Å²) in [6.07, 6.45) is 2.52. The van der Waals surface area contributed by atoms with Crippen LogP contribution in [0.5, 0.6) is 11.5 Å². The van der Waals surface area contributed by atoms with Crippen molar-refractivity contribution in [1.82, 2.24) is 4.98 Å². The first-order valence-electron chi connectivity index (χ1n) is 4.87. The van der Waals surface area contributed by atoms with E-state index in [1.807, 2.05) is 0 Å². The van der Waals surface area contributed by atoms with Gasteiger partial charge in [-0.05, 0) is 18.2 Å². The predicted molar refractivity (Wildman–Crippen MR) is 62.7 cm³/mol. The largest absolute Gasteiger partial charge is 0.478 e. The molecule has 0 saturated carbocycles. The van der Waals surface area contributed by atoms with Crippen molar-refractivity contribution in [3.63, 3.8) is 0 Å². The molecule has 0 fully saturated rings. The van der Waals surface area contributed by atoms with Crippen LogP contribution >= 0.6 is 11.6 Å². The Morgan fingerprint density at radius 2 is 2.06 bits per heavy atom. The fourth-order valence-electron chi connectivity index (χ4n) is 1.27. The summed E-state index contributed by atoms with van der Waals surface area (Å²) < 4.78 is 18.4. The van der Waals surface area contributed by atoms with Crippen LogP contribution in [0.1, 0.15) is 10.4 Å². The smallest absolute Gasteiger partial charge is 0.337 e. The zero-order valence-corrected chi connectivity index (χ0v) is 9.69. The second kappa shape index (κ2) is 5.01. The lowest BCUT2D eigenvalue weighted by atomic mass is 10.3. The molecule has 1 heterocycles. The number of nitrogens with zero attached hydrogens (tertiary/aromatic N) is 1. The Morgan fingerprint density at radius 3 is 2.72 bits per heavy atom. The minimum Gasteiger partial charge on any atom is -0.478 e. The maximum Gasteiger partial charge on any atom is 0.337 e. The summed E-state index contributed by atoms with van der Waals surface area (Å²) in [6.45, 7) is 0. The summed E-state index contributed by atoms with van der Waals surface area (Å²) in [4.78, 5) is 14.4. The minimum absolute atomic E-state index is 0.0121. The number of carbonyl (C=O) groups is 1. The van der Waals surface area contributed by atoms with E-state index in [0.717, 1.165) is 6.07 Å². The van der Waals surface area contributed by atoms with E-state index in [4.69, 9.17) is 21.4 Å². The first-order valence-corrected chi connectivity index (χ1v) is 5.25. The van der Waals surface area contributed by atoms with Gasteiger partial charge in [-0.25, -0.2) is 9.18 Å². The van der Waals surface area contributed by atoms with Crippen LogP contribution in [0.3, 0.4) is 0 Å². The van der Waals surface area contributed by atoms with Gasteiger partial charge in [-0.1, -0.05) is 11.6 Å². The molecular formula is C12H7ClFNO3. The Balaban J connectivity index is 2.25. The van der Waals surface area contributed by atoms with Crippen molar-refractivity contribution in [2.45, 2.75) is 0 Å². The van der Waals surface area contributed by atoms with Crippen molar-refractivity contribution in [2.24, 2.45) is 0 Å². The monoisotopic (exact) mass is 267 g/mol. The third-order valence-electron chi connectivity index (χ3n) is 2.09. The minimum atomic E-state index is -1.12. The fourth-order valence-corrected chi connectivity index (χ4v) is 1.39. The van der Waals surface area contributed by atoms with Gasteiger partial charge in [-0.3, -0.25) is 4.98 Å². The molecule has 18 heavy (non-hydrogen) atoms. The molecule has 0 unspecified atom stereocenters. The first-order chi connectivity index (χ1) is 8.56. The summed E-state index contributed by atoms with van der Waals surface area (Å²) in [5.41, 5.74) is -0.0121. The molecule has 1 aromatic carbocycles. The van der Waals surface area contributed by atoms with Gasteiger partial charge in [-0.15, -0.1) is 0 Å². The van der Waals surface area contributed by atoms with E-state index in [1.165, 1.54) is 30.6 Å². The molecule has 0 atom stereocenters. The Labute approximate surface area is 107 Å². The zero-order chi connectivity index (χ0) is 13.1. The van der Waals surface area contributed by atoms with Crippen molar-refractivity contribution in [1.29, 1.82) is 0 Å². The van der Waals surface area contributed by atoms with Gasteiger partial charge in [0.25, 0.3) is 0 Å². The summed E-state index contributed by atoms with van der Waals surface area (Å²) in [6, 6.07) is 5.22. The SMILES string of the molecule is O=C(O)c1cncc(Oc2ccc(Cl)c(F)c2)c1. The van der Waals surface area contributed by atoms with E-state index in [0.29, 0.717) is 0 Å². The molecule has 4 nitrogen and oxygen atoms in total. The Kier molecular flexibility index (Phi) is 3.43. The summed E-state index contributed by atoms with van der Waals surface area (Å²) in [5.74, 6) is -1.32. The summed E-state index contributed by atoms with van der Waals surface area (Å²) in [7, 11) is 0. The van der Waals surface area contributed by atoms with Crippen LogP contribution in [0.25, 0.3) is 0 Å². The normalized spacial score (nSPS) is 10.1. The van der Waals surface area contributed by atoms with Gasteiger partial charge in [0.05, 0.1) is 16.8 Å². The molecule has 0 saturated heterocycles. The molecule has 0 aliphatic rings. The number of aromatic carboxylic acids is 1. The van der Waals surface area contributed by atoms with Crippen molar-refractivity contribution >= 4 is 17.6 Å². The quantitative estimate of drug-likeness (QED) is 0.926. The van der Waals surface area contributed by atoms with Crippen LogP contribution in [0.4, 0.5) is 4.39 Å². The average molecular weight is 268 g/mol. The van der Waals surface area contributed by atoms with Crippen LogP contribution in [0.15, 0.2) is 36.7 Å². The third kappa shape index (κ3) is 2.75. The molecule has 0 bridgehead atoms. The number of hydrogen-bond donors (Lipinski definition) is 1. The first kappa shape index (κ1) is 12.3. The van der Waals surface area contributed by atoms with Gasteiger partial charge in [0, 0.05) is 12.3 Å². The van der Waals surface area contributed by atoms with Crippen molar-refractivity contribution < 1.29 is 19.0 Å². The van der Waals surface area contributed by atoms with Gasteiger partial charge >= 0.3 is 5.97 Å². The molecule has 2 rings (SSSR count). The van der Waals surface area contributed by atoms with E-state index >= 15 is 0 Å². The number of pyridine rings is 1. The number of carboxylic acid groups (broad SMARTS) is 1. The Morgan fingerprint density at radius 1 is 1.28 bits per heavy atom. The van der Waals surface area contributed by atoms with Gasteiger partial charge in [0.1, 0.15) is 17.3 Å². The molecule has 1 N–H and O–H groups in total. The van der Waals surface area contributed by atoms with Crippen LogP contribution < -0.4 is 4.74 Å². The topological polar surface area (TPSA) is 59.4 Å². The lowest BCUT2D eigenvalue weighted by Gasteiger charge is -2.06. The molecule has 0 amide bonds. The van der Waals surface area contributed by atoms with Crippen LogP contribution in [0.2, 0.25) is 5.02 Å². The number of hydrogen-bond acceptors (Lipinski definition) is 3. The van der Waals surface area contributed by atoms with Crippen molar-refractivity contribution in [3.8, 4) is 11.5 Å². The van der Waals surface area contributed by atoms with E-state index in [1.54, 1.807) is 0 Å². The maximum atomic E-state index is 13.2. The number of rotatable bonds is 3. The third-order valence-corrected chi connectivity index (χ3v) is 2.39. The number of aromatic nitrogens is 1. The highest BCUT2D eigenvalue weighted by atomic mass is 35.5. The zero-order valence-electron chi connectivity index (χ0n) is 8.93. The molecule has 0 aliphatic carbocycles. The van der Waals surface area contributed by atoms with E-state index in [-0.39, 0.29) is 22.1 Å². The molecule has 92 valence electrons. The molecule has 6 heteroatoms. The number of halogens is 2.